The number of methoxy groups -OCH3 is 1. The van der Waals surface area contributed by atoms with E-state index in [1.165, 1.54) is 51.8 Å². The van der Waals surface area contributed by atoms with Gasteiger partial charge < -0.3 is 19.5 Å². The molecule has 0 unspecified atom stereocenters. The largest absolute Gasteiger partial charge is 0.493 e. The third kappa shape index (κ3) is 7.05. The van der Waals surface area contributed by atoms with Crippen LogP contribution in [0.5, 0.6) is 11.5 Å². The Hall–Kier alpha value is -3.49. The predicted molar refractivity (Wildman–Crippen MR) is 135 cm³/mol. The Kier molecular flexibility index (Phi) is 9.60. The zero-order valence-electron chi connectivity index (χ0n) is 22.0. The summed E-state index contributed by atoms with van der Waals surface area (Å²) in [6.45, 7) is 6.42. The van der Waals surface area contributed by atoms with Crippen molar-refractivity contribution in [3.8, 4) is 11.5 Å². The second kappa shape index (κ2) is 12.7. The van der Waals surface area contributed by atoms with Crippen LogP contribution in [0.25, 0.3) is 0 Å². The van der Waals surface area contributed by atoms with Crippen molar-refractivity contribution in [3.63, 3.8) is 0 Å². The number of hydrogen-bond acceptors (Lipinski definition) is 7. The molecule has 1 aromatic carbocycles. The summed E-state index contributed by atoms with van der Waals surface area (Å²) in [4.78, 5) is 41.5. The number of pyridine rings is 1. The van der Waals surface area contributed by atoms with E-state index in [2.05, 4.69) is 10.3 Å². The van der Waals surface area contributed by atoms with Crippen molar-refractivity contribution in [1.29, 1.82) is 0 Å². The van der Waals surface area contributed by atoms with E-state index in [0.29, 0.717) is 5.92 Å². The molecular formula is C28H35FN2O6. The van der Waals surface area contributed by atoms with E-state index in [-0.39, 0.29) is 28.9 Å². The van der Waals surface area contributed by atoms with Gasteiger partial charge in [0.15, 0.2) is 11.4 Å². The Morgan fingerprint density at radius 3 is 2.43 bits per heavy atom. The average Bonchev–Trinajstić information content (AvgIpc) is 2.85. The maximum atomic E-state index is 13.8. The van der Waals surface area contributed by atoms with Crippen molar-refractivity contribution in [3.05, 3.63) is 53.1 Å². The van der Waals surface area contributed by atoms with Crippen LogP contribution in [0.4, 0.5) is 4.39 Å². The first-order valence-corrected chi connectivity index (χ1v) is 12.6. The number of rotatable bonds is 9. The number of nitrogens with zero attached hydrogens (tertiary/aromatic N) is 1. The molecule has 3 atom stereocenters. The normalized spacial score (nSPS) is 16.3. The molecule has 1 amide bonds. The fourth-order valence-electron chi connectivity index (χ4n) is 5.07. The first-order valence-electron chi connectivity index (χ1n) is 12.6. The molecule has 0 aliphatic heterocycles. The number of esters is 2. The van der Waals surface area contributed by atoms with Crippen molar-refractivity contribution in [2.45, 2.75) is 77.9 Å². The summed E-state index contributed by atoms with van der Waals surface area (Å²) in [5, 5.41) is 2.57. The van der Waals surface area contributed by atoms with E-state index in [0.717, 1.165) is 36.8 Å². The molecule has 1 aliphatic rings. The predicted octanol–water partition coefficient (Wildman–Crippen LogP) is 4.88. The van der Waals surface area contributed by atoms with E-state index in [1.54, 1.807) is 6.07 Å². The molecule has 0 bridgehead atoms. The summed E-state index contributed by atoms with van der Waals surface area (Å²) in [6, 6.07) is 5.18. The van der Waals surface area contributed by atoms with E-state index in [4.69, 9.17) is 14.2 Å². The van der Waals surface area contributed by atoms with Crippen LogP contribution in [0.3, 0.4) is 0 Å². The number of amides is 1. The lowest BCUT2D eigenvalue weighted by atomic mass is 9.73. The minimum absolute atomic E-state index is 0.0941. The third-order valence-electron chi connectivity index (χ3n) is 6.81. The summed E-state index contributed by atoms with van der Waals surface area (Å²) in [5.74, 6) is -2.04. The van der Waals surface area contributed by atoms with E-state index in [1.807, 2.05) is 13.8 Å². The van der Waals surface area contributed by atoms with Crippen LogP contribution in [0.1, 0.15) is 80.4 Å². The second-order valence-corrected chi connectivity index (χ2v) is 9.55. The van der Waals surface area contributed by atoms with E-state index >= 15 is 0 Å². The monoisotopic (exact) mass is 514 g/mol. The standard InChI is InChI=1S/C28H35FN2O6/c1-16-15-21(29)11-12-22(16)24(20-9-7-6-8-10-20)18(3)36-28(34)17(2)31-27(33)25-26(37-19(4)32)23(35-5)13-14-30-25/h11-15,17-18,20,24H,6-10H2,1-5H3,(H,31,33)/t17-,18-,24+/m0/s1. The molecule has 3 rings (SSSR count). The smallest absolute Gasteiger partial charge is 0.328 e. The highest BCUT2D eigenvalue weighted by Crippen LogP contribution is 2.40. The molecule has 9 heteroatoms. The van der Waals surface area contributed by atoms with Gasteiger partial charge in [-0.05, 0) is 62.8 Å². The first-order chi connectivity index (χ1) is 17.6. The molecule has 1 aromatic heterocycles. The molecule has 1 fully saturated rings. The molecule has 2 aromatic rings. The number of carbonyl (C=O) groups excluding carboxylic acids is 3. The van der Waals surface area contributed by atoms with Gasteiger partial charge in [-0.2, -0.15) is 0 Å². The van der Waals surface area contributed by atoms with Crippen molar-refractivity contribution in [1.82, 2.24) is 10.3 Å². The summed E-state index contributed by atoms with van der Waals surface area (Å²) in [5.41, 5.74) is 1.60. The molecule has 1 N–H and O–H groups in total. The molecular weight excluding hydrogens is 479 g/mol. The molecule has 0 radical (unpaired) electrons. The zero-order chi connectivity index (χ0) is 27.1. The SMILES string of the molecule is COc1ccnc(C(=O)N[C@@H](C)C(=O)O[C@@H](C)[C@@H](c2ccc(F)cc2C)C2CCCCC2)c1OC(C)=O. The highest BCUT2D eigenvalue weighted by molar-refractivity contribution is 5.98. The van der Waals surface area contributed by atoms with Crippen molar-refractivity contribution in [2.24, 2.45) is 5.92 Å². The maximum absolute atomic E-state index is 13.8. The van der Waals surface area contributed by atoms with Gasteiger partial charge in [-0.3, -0.25) is 9.59 Å². The Labute approximate surface area is 216 Å². The minimum Gasteiger partial charge on any atom is -0.493 e. The number of hydrogen-bond donors (Lipinski definition) is 1. The van der Waals surface area contributed by atoms with Crippen LogP contribution >= 0.6 is 0 Å². The molecule has 1 saturated carbocycles. The average molecular weight is 515 g/mol. The minimum atomic E-state index is -1.01. The van der Waals surface area contributed by atoms with Gasteiger partial charge in [0.1, 0.15) is 18.0 Å². The summed E-state index contributed by atoms with van der Waals surface area (Å²) in [7, 11) is 1.37. The second-order valence-electron chi connectivity index (χ2n) is 9.55. The number of benzene rings is 1. The van der Waals surface area contributed by atoms with Gasteiger partial charge in [0.05, 0.1) is 7.11 Å². The Morgan fingerprint density at radius 1 is 1.11 bits per heavy atom. The third-order valence-corrected chi connectivity index (χ3v) is 6.81. The van der Waals surface area contributed by atoms with E-state index in [9.17, 15) is 18.8 Å². The number of aromatic nitrogens is 1. The van der Waals surface area contributed by atoms with Crippen LogP contribution in [-0.4, -0.2) is 42.1 Å². The van der Waals surface area contributed by atoms with Crippen LogP contribution in [-0.2, 0) is 14.3 Å². The Morgan fingerprint density at radius 2 is 1.81 bits per heavy atom. The highest BCUT2D eigenvalue weighted by Gasteiger charge is 2.34. The van der Waals surface area contributed by atoms with E-state index < -0.39 is 30.0 Å². The summed E-state index contributed by atoms with van der Waals surface area (Å²) >= 11 is 0. The zero-order valence-corrected chi connectivity index (χ0v) is 22.0. The van der Waals surface area contributed by atoms with Crippen LogP contribution in [0, 0.1) is 18.7 Å². The van der Waals surface area contributed by atoms with Crippen LogP contribution in [0.15, 0.2) is 30.5 Å². The lowest BCUT2D eigenvalue weighted by Crippen LogP contribution is -2.42. The number of aryl methyl sites for hydroxylation is 1. The van der Waals surface area contributed by atoms with Crippen LogP contribution < -0.4 is 14.8 Å². The number of ether oxygens (including phenoxy) is 3. The van der Waals surface area contributed by atoms with Gasteiger partial charge in [0.2, 0.25) is 5.75 Å². The highest BCUT2D eigenvalue weighted by atomic mass is 19.1. The fraction of sp³-hybridized carbons (Fsp3) is 0.500. The van der Waals surface area contributed by atoms with Crippen LogP contribution in [0.2, 0.25) is 0 Å². The lowest BCUT2D eigenvalue weighted by Gasteiger charge is -2.35. The van der Waals surface area contributed by atoms with Crippen molar-refractivity contribution < 1.29 is 33.0 Å². The molecule has 1 aliphatic carbocycles. The molecule has 1 heterocycles. The van der Waals surface area contributed by atoms with Gasteiger partial charge >= 0.3 is 11.9 Å². The van der Waals surface area contributed by atoms with Gasteiger partial charge in [0, 0.05) is 25.1 Å². The van der Waals surface area contributed by atoms with Gasteiger partial charge in [-0.1, -0.05) is 25.3 Å². The van der Waals surface area contributed by atoms with Gasteiger partial charge in [0.25, 0.3) is 5.91 Å². The number of nitrogens with one attached hydrogen (secondary N) is 1. The first kappa shape index (κ1) is 28.1. The Balaban J connectivity index is 1.76. The summed E-state index contributed by atoms with van der Waals surface area (Å²) in [6.07, 6.45) is 6.25. The fourth-order valence-corrected chi connectivity index (χ4v) is 5.07. The number of halogens is 1. The topological polar surface area (TPSA) is 104 Å². The molecule has 0 saturated heterocycles. The Bertz CT molecular complexity index is 1130. The molecule has 37 heavy (non-hydrogen) atoms. The van der Waals surface area contributed by atoms with Crippen molar-refractivity contribution >= 4 is 17.8 Å². The quantitative estimate of drug-likeness (QED) is 0.476. The number of carbonyl (C=O) groups is 3. The molecule has 0 spiro atoms. The van der Waals surface area contributed by atoms with Gasteiger partial charge in [-0.25, -0.2) is 14.2 Å². The lowest BCUT2D eigenvalue weighted by molar-refractivity contribution is -0.152. The molecule has 8 nitrogen and oxygen atoms in total. The van der Waals surface area contributed by atoms with Crippen molar-refractivity contribution in [2.75, 3.05) is 7.11 Å². The maximum Gasteiger partial charge on any atom is 0.328 e. The summed E-state index contributed by atoms with van der Waals surface area (Å²) < 4.78 is 30.0. The van der Waals surface area contributed by atoms with Gasteiger partial charge in [-0.15, -0.1) is 0 Å². The molecule has 200 valence electrons.